The molecular weight excluding hydrogens is 532 g/mol. The number of nitriles is 2. The summed E-state index contributed by atoms with van der Waals surface area (Å²) in [4.78, 5) is 0. The lowest BCUT2D eigenvalue weighted by Crippen LogP contribution is -1.89. The van der Waals surface area contributed by atoms with Crippen molar-refractivity contribution >= 4 is 0 Å². The van der Waals surface area contributed by atoms with Gasteiger partial charge in [0.05, 0.1) is 23.3 Å². The molecule has 0 heterocycles. The van der Waals surface area contributed by atoms with Crippen LogP contribution < -0.4 is 0 Å². The van der Waals surface area contributed by atoms with Crippen molar-refractivity contribution in [2.24, 2.45) is 0 Å². The summed E-state index contributed by atoms with van der Waals surface area (Å²) in [5.41, 5.74) is 11.5. The van der Waals surface area contributed by atoms with Gasteiger partial charge in [0.2, 0.25) is 0 Å². The summed E-state index contributed by atoms with van der Waals surface area (Å²) in [6.07, 6.45) is 0. The Bertz CT molecular complexity index is 1890. The van der Waals surface area contributed by atoms with Crippen LogP contribution >= 0.6 is 0 Å². The maximum absolute atomic E-state index is 10.1. The first-order chi connectivity index (χ1) is 21.7. The SMILES string of the molecule is CC.CC.N#Cc1cc(-c2ccccc2)cc(-c2ccc(-c3ccc(-c4cccc(-c5ccccc5)c4)cc3)c(C#N)c2)c1. The summed E-state index contributed by atoms with van der Waals surface area (Å²) in [7, 11) is 0. The zero-order valence-electron chi connectivity index (χ0n) is 25.8. The van der Waals surface area contributed by atoms with E-state index in [1.165, 1.54) is 11.1 Å². The standard InChI is InChI=1S/C38H24N2.2C2H6/c39-25-27-20-35(29-10-5-2-6-11-29)24-36(21-27)34-18-19-38(37(23-34)26-40)31-16-14-30(15-17-31)33-13-7-12-32(22-33)28-8-3-1-4-9-28;2*1-2/h1-24H;2*1-2H3. The average Bonchev–Trinajstić information content (AvgIpc) is 3.13. The van der Waals surface area contributed by atoms with Crippen molar-refractivity contribution < 1.29 is 0 Å². The van der Waals surface area contributed by atoms with E-state index in [2.05, 4.69) is 91.0 Å². The van der Waals surface area contributed by atoms with E-state index in [4.69, 9.17) is 0 Å². The van der Waals surface area contributed by atoms with Crippen molar-refractivity contribution in [2.45, 2.75) is 27.7 Å². The van der Waals surface area contributed by atoms with Gasteiger partial charge < -0.3 is 0 Å². The molecule has 0 aliphatic carbocycles. The van der Waals surface area contributed by atoms with Crippen LogP contribution in [0.1, 0.15) is 38.8 Å². The van der Waals surface area contributed by atoms with Crippen LogP contribution in [0.5, 0.6) is 0 Å². The highest BCUT2D eigenvalue weighted by Crippen LogP contribution is 2.33. The maximum atomic E-state index is 10.1. The van der Waals surface area contributed by atoms with E-state index in [0.29, 0.717) is 11.1 Å². The molecule has 0 bridgehead atoms. The molecule has 0 amide bonds. The molecule has 0 aliphatic rings. The molecule has 0 saturated heterocycles. The summed E-state index contributed by atoms with van der Waals surface area (Å²) < 4.78 is 0. The van der Waals surface area contributed by atoms with Gasteiger partial charge in [0.15, 0.2) is 0 Å². The van der Waals surface area contributed by atoms with Crippen LogP contribution in [0.4, 0.5) is 0 Å². The Morgan fingerprint density at radius 1 is 0.341 bits per heavy atom. The lowest BCUT2D eigenvalue weighted by molar-refractivity contribution is 1.46. The topological polar surface area (TPSA) is 47.6 Å². The Balaban J connectivity index is 0.00000106. The summed E-state index contributed by atoms with van der Waals surface area (Å²) in [6.45, 7) is 8.00. The molecule has 2 nitrogen and oxygen atoms in total. The van der Waals surface area contributed by atoms with Crippen molar-refractivity contribution in [2.75, 3.05) is 0 Å². The van der Waals surface area contributed by atoms with Crippen LogP contribution in [-0.2, 0) is 0 Å². The number of hydrogen-bond donors (Lipinski definition) is 0. The second-order valence-electron chi connectivity index (χ2n) is 9.67. The van der Waals surface area contributed by atoms with Crippen LogP contribution in [0.15, 0.2) is 146 Å². The number of rotatable bonds is 5. The molecule has 2 heteroatoms. The van der Waals surface area contributed by atoms with E-state index < -0.39 is 0 Å². The van der Waals surface area contributed by atoms with Gasteiger partial charge in [0, 0.05) is 0 Å². The summed E-state index contributed by atoms with van der Waals surface area (Å²) in [5, 5.41) is 19.7. The average molecular weight is 569 g/mol. The molecule has 0 atom stereocenters. The quantitative estimate of drug-likeness (QED) is 0.208. The first-order valence-corrected chi connectivity index (χ1v) is 15.1. The first kappa shape index (κ1) is 31.2. The molecule has 0 unspecified atom stereocenters. The van der Waals surface area contributed by atoms with E-state index in [-0.39, 0.29) is 0 Å². The number of hydrogen-bond acceptors (Lipinski definition) is 2. The predicted molar refractivity (Wildman–Crippen MR) is 186 cm³/mol. The Kier molecular flexibility index (Phi) is 11.0. The molecule has 0 saturated carbocycles. The lowest BCUT2D eigenvalue weighted by Gasteiger charge is -2.11. The van der Waals surface area contributed by atoms with E-state index in [1.807, 2.05) is 94.4 Å². The lowest BCUT2D eigenvalue weighted by atomic mass is 9.92. The molecule has 0 aromatic heterocycles. The Morgan fingerprint density at radius 2 is 0.750 bits per heavy atom. The number of benzene rings is 6. The maximum Gasteiger partial charge on any atom is 0.0998 e. The zero-order chi connectivity index (χ0) is 31.3. The largest absolute Gasteiger partial charge is 0.192 e. The Morgan fingerprint density at radius 3 is 1.30 bits per heavy atom. The van der Waals surface area contributed by atoms with Crippen molar-refractivity contribution in [1.82, 2.24) is 0 Å². The minimum Gasteiger partial charge on any atom is -0.192 e. The normalized spacial score (nSPS) is 9.77. The van der Waals surface area contributed by atoms with Crippen LogP contribution in [-0.4, -0.2) is 0 Å². The zero-order valence-corrected chi connectivity index (χ0v) is 25.8. The van der Waals surface area contributed by atoms with Crippen molar-refractivity contribution in [1.29, 1.82) is 10.5 Å². The summed E-state index contributed by atoms with van der Waals surface area (Å²) in [5.74, 6) is 0. The molecule has 6 aromatic carbocycles. The van der Waals surface area contributed by atoms with Crippen LogP contribution in [0.25, 0.3) is 55.6 Å². The number of nitrogens with zero attached hydrogens (tertiary/aromatic N) is 2. The van der Waals surface area contributed by atoms with E-state index in [9.17, 15) is 10.5 Å². The summed E-state index contributed by atoms with van der Waals surface area (Å²) >= 11 is 0. The van der Waals surface area contributed by atoms with Crippen molar-refractivity contribution in [3.8, 4) is 67.8 Å². The molecular formula is C42H36N2. The van der Waals surface area contributed by atoms with Gasteiger partial charge in [-0.3, -0.25) is 0 Å². The molecule has 0 spiro atoms. The third kappa shape index (κ3) is 7.19. The molecule has 6 rings (SSSR count). The third-order valence-electron chi connectivity index (χ3n) is 7.14. The fourth-order valence-corrected chi connectivity index (χ4v) is 5.08. The minimum absolute atomic E-state index is 0.589. The molecule has 0 fully saturated rings. The Hall–Kier alpha value is -5.70. The van der Waals surface area contributed by atoms with Gasteiger partial charge in [-0.2, -0.15) is 10.5 Å². The molecule has 0 radical (unpaired) electrons. The van der Waals surface area contributed by atoms with E-state index >= 15 is 0 Å². The highest BCUT2D eigenvalue weighted by Gasteiger charge is 2.11. The van der Waals surface area contributed by atoms with Gasteiger partial charge in [-0.25, -0.2) is 0 Å². The van der Waals surface area contributed by atoms with Gasteiger partial charge in [-0.05, 0) is 86.0 Å². The fraction of sp³-hybridized carbons (Fsp3) is 0.0952. The van der Waals surface area contributed by atoms with Gasteiger partial charge >= 0.3 is 0 Å². The van der Waals surface area contributed by atoms with Gasteiger partial charge in [0.1, 0.15) is 0 Å². The van der Waals surface area contributed by atoms with Crippen LogP contribution in [0, 0.1) is 22.7 Å². The second-order valence-corrected chi connectivity index (χ2v) is 9.67. The monoisotopic (exact) mass is 568 g/mol. The van der Waals surface area contributed by atoms with Gasteiger partial charge in [-0.15, -0.1) is 0 Å². The van der Waals surface area contributed by atoms with Crippen LogP contribution in [0.2, 0.25) is 0 Å². The molecule has 6 aromatic rings. The van der Waals surface area contributed by atoms with E-state index in [0.717, 1.165) is 44.5 Å². The van der Waals surface area contributed by atoms with E-state index in [1.54, 1.807) is 0 Å². The molecule has 0 N–H and O–H groups in total. The van der Waals surface area contributed by atoms with Crippen molar-refractivity contribution in [3.63, 3.8) is 0 Å². The van der Waals surface area contributed by atoms with Gasteiger partial charge in [0.25, 0.3) is 0 Å². The van der Waals surface area contributed by atoms with Crippen molar-refractivity contribution in [3.05, 3.63) is 157 Å². The fourth-order valence-electron chi connectivity index (χ4n) is 5.08. The van der Waals surface area contributed by atoms with Crippen LogP contribution in [0.3, 0.4) is 0 Å². The Labute approximate surface area is 262 Å². The molecule has 44 heavy (non-hydrogen) atoms. The minimum atomic E-state index is 0.589. The predicted octanol–water partition coefficient (Wildman–Crippen LogP) is 11.8. The molecule has 0 aliphatic heterocycles. The highest BCUT2D eigenvalue weighted by atomic mass is 14.3. The summed E-state index contributed by atoms with van der Waals surface area (Å²) in [6, 6.07) is 53.8. The third-order valence-corrected chi connectivity index (χ3v) is 7.14. The smallest absolute Gasteiger partial charge is 0.0998 e. The first-order valence-electron chi connectivity index (χ1n) is 15.1. The second kappa shape index (κ2) is 15.5. The highest BCUT2D eigenvalue weighted by molar-refractivity contribution is 5.81. The molecule has 214 valence electrons. The van der Waals surface area contributed by atoms with Gasteiger partial charge in [-0.1, -0.05) is 143 Å².